The van der Waals surface area contributed by atoms with Gasteiger partial charge in [-0.1, -0.05) is 48.4 Å². The summed E-state index contributed by atoms with van der Waals surface area (Å²) in [6.07, 6.45) is -3.19. The van der Waals surface area contributed by atoms with Crippen LogP contribution in [0, 0.1) is 11.8 Å². The Morgan fingerprint density at radius 1 is 1.00 bits per heavy atom. The van der Waals surface area contributed by atoms with Crippen LogP contribution in [0.4, 0.5) is 13.2 Å². The number of hydrogen-bond donors (Lipinski definition) is 2. The number of benzene rings is 2. The van der Waals surface area contributed by atoms with Crippen molar-refractivity contribution in [2.45, 2.75) is 31.5 Å². The van der Waals surface area contributed by atoms with Crippen molar-refractivity contribution in [2.24, 2.45) is 5.73 Å². The van der Waals surface area contributed by atoms with E-state index in [1.165, 1.54) is 5.56 Å². The first-order valence-corrected chi connectivity index (χ1v) is 11.2. The normalized spacial score (nSPS) is 13.7. The smallest absolute Gasteiger partial charge is 0.475 e. The maximum absolute atomic E-state index is 12.8. The van der Waals surface area contributed by atoms with Gasteiger partial charge in [0.2, 0.25) is 0 Å². The molecule has 1 aromatic heterocycles. The maximum Gasteiger partial charge on any atom is 0.490 e. The highest BCUT2D eigenvalue weighted by atomic mass is 19.4. The minimum Gasteiger partial charge on any atom is -0.475 e. The van der Waals surface area contributed by atoms with Crippen LogP contribution >= 0.6 is 0 Å². The molecule has 188 valence electrons. The first kappa shape index (κ1) is 26.6. The molecule has 0 atom stereocenters. The van der Waals surface area contributed by atoms with Crippen LogP contribution in [0.15, 0.2) is 71.1 Å². The van der Waals surface area contributed by atoms with Gasteiger partial charge in [-0.25, -0.2) is 4.79 Å². The topological polar surface area (TPSA) is 96.8 Å². The lowest BCUT2D eigenvalue weighted by Crippen LogP contribution is -2.37. The first-order valence-electron chi connectivity index (χ1n) is 11.2. The lowest BCUT2D eigenvalue weighted by molar-refractivity contribution is -0.192. The van der Waals surface area contributed by atoms with Gasteiger partial charge in [-0.2, -0.15) is 13.2 Å². The quantitative estimate of drug-likeness (QED) is 0.506. The molecule has 3 N–H and O–H groups in total. The van der Waals surface area contributed by atoms with Crippen molar-refractivity contribution in [2.75, 3.05) is 13.1 Å². The highest BCUT2D eigenvalue weighted by Crippen LogP contribution is 2.29. The summed E-state index contributed by atoms with van der Waals surface area (Å²) >= 11 is 0. The van der Waals surface area contributed by atoms with Gasteiger partial charge in [-0.05, 0) is 60.1 Å². The van der Waals surface area contributed by atoms with E-state index in [2.05, 4.69) is 36.1 Å². The van der Waals surface area contributed by atoms with E-state index in [4.69, 9.17) is 20.1 Å². The third-order valence-corrected chi connectivity index (χ3v) is 5.60. The lowest BCUT2D eigenvalue weighted by Gasteiger charge is -2.31. The molecule has 0 spiro atoms. The summed E-state index contributed by atoms with van der Waals surface area (Å²) < 4.78 is 37.4. The van der Waals surface area contributed by atoms with E-state index in [0.29, 0.717) is 24.0 Å². The lowest BCUT2D eigenvalue weighted by atomic mass is 9.88. The number of hydrogen-bond acceptors (Lipinski definition) is 4. The van der Waals surface area contributed by atoms with Crippen LogP contribution in [-0.2, 0) is 11.3 Å². The van der Waals surface area contributed by atoms with Crippen LogP contribution in [0.25, 0.3) is 0 Å². The third-order valence-electron chi connectivity index (χ3n) is 5.60. The Labute approximate surface area is 206 Å². The van der Waals surface area contributed by atoms with Gasteiger partial charge in [0.1, 0.15) is 0 Å². The molecule has 0 bridgehead atoms. The molecule has 0 saturated carbocycles. The van der Waals surface area contributed by atoms with Crippen LogP contribution in [0.1, 0.15) is 51.8 Å². The first-order chi connectivity index (χ1) is 17.2. The Bertz CT molecular complexity index is 1230. The highest BCUT2D eigenvalue weighted by Gasteiger charge is 2.38. The molecule has 9 heteroatoms. The van der Waals surface area contributed by atoms with E-state index in [9.17, 15) is 18.0 Å². The number of likely N-dealkylation sites (tertiary alicyclic amines) is 1. The van der Waals surface area contributed by atoms with Crippen molar-refractivity contribution in [3.8, 4) is 11.8 Å². The predicted octanol–water partition coefficient (Wildman–Crippen LogP) is 4.79. The Morgan fingerprint density at radius 3 is 2.28 bits per heavy atom. The maximum atomic E-state index is 12.8. The molecule has 6 nitrogen and oxygen atoms in total. The Kier molecular flexibility index (Phi) is 8.92. The molecular weight excluding hydrogens is 473 g/mol. The second kappa shape index (κ2) is 12.1. The van der Waals surface area contributed by atoms with Gasteiger partial charge in [-0.15, -0.1) is 0 Å². The average molecular weight is 499 g/mol. The van der Waals surface area contributed by atoms with Gasteiger partial charge in [0.15, 0.2) is 11.5 Å². The number of rotatable bonds is 3. The van der Waals surface area contributed by atoms with Crippen molar-refractivity contribution in [1.82, 2.24) is 4.90 Å². The number of aliphatic carboxylic acids is 1. The number of alkyl halides is 3. The number of piperidine rings is 1. The summed E-state index contributed by atoms with van der Waals surface area (Å²) in [5, 5.41) is 7.12. The standard InChI is InChI=1S/C25H24N2O2.C2HF3O2/c26-18-20-7-4-8-22(17-20)21-13-15-27(16-14-21)25(28)24-12-11-23(29-24)10-9-19-5-2-1-3-6-19;3-2(4,5)1(6)7/h1-8,11-12,17,21H,13-16,18,26H2;(H,6,7). The largest absolute Gasteiger partial charge is 0.490 e. The fourth-order valence-corrected chi connectivity index (χ4v) is 3.72. The summed E-state index contributed by atoms with van der Waals surface area (Å²) in [5.41, 5.74) is 9.14. The summed E-state index contributed by atoms with van der Waals surface area (Å²) in [6.45, 7) is 2.00. The van der Waals surface area contributed by atoms with Crippen molar-refractivity contribution in [3.05, 3.63) is 94.9 Å². The van der Waals surface area contributed by atoms with Crippen LogP contribution in [0.3, 0.4) is 0 Å². The zero-order chi connectivity index (χ0) is 26.1. The number of halogens is 3. The van der Waals surface area contributed by atoms with Crippen molar-refractivity contribution in [3.63, 3.8) is 0 Å². The van der Waals surface area contributed by atoms with Gasteiger partial charge in [0.25, 0.3) is 5.91 Å². The van der Waals surface area contributed by atoms with Gasteiger partial charge in [-0.3, -0.25) is 4.79 Å². The third kappa shape index (κ3) is 7.48. The minimum atomic E-state index is -5.08. The summed E-state index contributed by atoms with van der Waals surface area (Å²) in [7, 11) is 0. The molecule has 1 aliphatic rings. The fraction of sp³-hybridized carbons (Fsp3) is 0.259. The van der Waals surface area contributed by atoms with Gasteiger partial charge < -0.3 is 20.2 Å². The molecule has 1 saturated heterocycles. The van der Waals surface area contributed by atoms with Crippen LogP contribution in [0.5, 0.6) is 0 Å². The van der Waals surface area contributed by atoms with E-state index < -0.39 is 12.1 Å². The van der Waals surface area contributed by atoms with Crippen LogP contribution in [0.2, 0.25) is 0 Å². The van der Waals surface area contributed by atoms with Crippen LogP contribution < -0.4 is 5.73 Å². The molecule has 36 heavy (non-hydrogen) atoms. The summed E-state index contributed by atoms with van der Waals surface area (Å²) in [5.74, 6) is 4.53. The number of carbonyl (C=O) groups excluding carboxylic acids is 1. The number of nitrogens with two attached hydrogens (primary N) is 1. The molecular formula is C27H25F3N2O4. The number of furan rings is 1. The Morgan fingerprint density at radius 2 is 1.67 bits per heavy atom. The number of carboxylic acid groups (broad SMARTS) is 1. The Hall–Kier alpha value is -4.03. The molecule has 1 fully saturated rings. The molecule has 0 unspecified atom stereocenters. The molecule has 2 heterocycles. The summed E-state index contributed by atoms with van der Waals surface area (Å²) in [4.78, 5) is 23.6. The molecule has 1 amide bonds. The van der Waals surface area contributed by atoms with E-state index >= 15 is 0 Å². The fourth-order valence-electron chi connectivity index (χ4n) is 3.72. The average Bonchev–Trinajstić information content (AvgIpc) is 3.37. The zero-order valence-electron chi connectivity index (χ0n) is 19.3. The van der Waals surface area contributed by atoms with Crippen molar-refractivity contribution >= 4 is 11.9 Å². The SMILES string of the molecule is NCc1cccc(C2CCN(C(=O)c3ccc(C#Cc4ccccc4)o3)CC2)c1.O=C(O)C(F)(F)F. The minimum absolute atomic E-state index is 0.0630. The van der Waals surface area contributed by atoms with E-state index in [1.807, 2.05) is 35.2 Å². The second-order valence-corrected chi connectivity index (χ2v) is 8.10. The molecule has 2 aromatic carbocycles. The van der Waals surface area contributed by atoms with E-state index in [1.54, 1.807) is 12.1 Å². The highest BCUT2D eigenvalue weighted by molar-refractivity contribution is 5.91. The summed E-state index contributed by atoms with van der Waals surface area (Å²) in [6, 6.07) is 21.7. The molecule has 0 radical (unpaired) electrons. The van der Waals surface area contributed by atoms with Crippen molar-refractivity contribution < 1.29 is 32.3 Å². The van der Waals surface area contributed by atoms with Gasteiger partial charge in [0, 0.05) is 25.2 Å². The molecule has 3 aromatic rings. The zero-order valence-corrected chi connectivity index (χ0v) is 19.3. The predicted molar refractivity (Wildman–Crippen MR) is 127 cm³/mol. The number of nitrogens with zero attached hydrogens (tertiary/aromatic N) is 1. The second-order valence-electron chi connectivity index (χ2n) is 8.10. The van der Waals surface area contributed by atoms with E-state index in [0.717, 1.165) is 37.1 Å². The molecule has 0 aliphatic carbocycles. The Balaban J connectivity index is 0.000000454. The van der Waals surface area contributed by atoms with Gasteiger partial charge >= 0.3 is 12.1 Å². The van der Waals surface area contributed by atoms with E-state index in [-0.39, 0.29) is 5.91 Å². The number of amides is 1. The number of carboxylic acids is 1. The number of carbonyl (C=O) groups is 2. The van der Waals surface area contributed by atoms with Gasteiger partial charge in [0.05, 0.1) is 0 Å². The monoisotopic (exact) mass is 498 g/mol. The molecule has 4 rings (SSSR count). The molecule has 1 aliphatic heterocycles. The van der Waals surface area contributed by atoms with Crippen LogP contribution in [-0.4, -0.2) is 41.1 Å². The van der Waals surface area contributed by atoms with Crippen molar-refractivity contribution in [1.29, 1.82) is 0 Å².